The van der Waals surface area contributed by atoms with Gasteiger partial charge in [0.05, 0.1) is 22.9 Å². The summed E-state index contributed by atoms with van der Waals surface area (Å²) in [5.41, 5.74) is -0.233. The van der Waals surface area contributed by atoms with Gasteiger partial charge in [-0.3, -0.25) is 0 Å². The summed E-state index contributed by atoms with van der Waals surface area (Å²) in [7, 11) is 0. The van der Waals surface area contributed by atoms with Gasteiger partial charge in [-0.2, -0.15) is 13.2 Å². The highest BCUT2D eigenvalue weighted by Crippen LogP contribution is 2.33. The Morgan fingerprint density at radius 3 is 2.42 bits per heavy atom. The van der Waals surface area contributed by atoms with Crippen molar-refractivity contribution in [3.63, 3.8) is 0 Å². The van der Waals surface area contributed by atoms with Gasteiger partial charge >= 0.3 is 12.3 Å². The summed E-state index contributed by atoms with van der Waals surface area (Å²) >= 11 is 0. The summed E-state index contributed by atoms with van der Waals surface area (Å²) in [4.78, 5) is 17.9. The second-order valence-corrected chi connectivity index (χ2v) is 7.55. The lowest BCUT2D eigenvalue weighted by Crippen LogP contribution is -2.42. The fourth-order valence-electron chi connectivity index (χ4n) is 3.15. The zero-order valence-corrected chi connectivity index (χ0v) is 15.0. The first-order valence-electron chi connectivity index (χ1n) is 8.56. The van der Waals surface area contributed by atoms with Crippen LogP contribution in [0.2, 0.25) is 0 Å². The Bertz CT molecular complexity index is 800. The second kappa shape index (κ2) is 6.48. The van der Waals surface area contributed by atoms with Crippen LogP contribution in [-0.2, 0) is 10.9 Å². The maximum atomic E-state index is 12.8. The monoisotopic (exact) mass is 369 g/mol. The number of nitrogens with zero attached hydrogens (tertiary/aromatic N) is 3. The summed E-state index contributed by atoms with van der Waals surface area (Å²) in [5.74, 6) is 0. The van der Waals surface area contributed by atoms with Crippen LogP contribution in [-0.4, -0.2) is 39.2 Å². The van der Waals surface area contributed by atoms with Gasteiger partial charge < -0.3 is 14.2 Å². The minimum atomic E-state index is -4.38. The minimum absolute atomic E-state index is 0.0930. The number of carbonyl (C=O) groups excluding carboxylic acids is 1. The maximum absolute atomic E-state index is 12.8. The molecule has 0 N–H and O–H groups in total. The van der Waals surface area contributed by atoms with E-state index in [1.165, 1.54) is 6.07 Å². The van der Waals surface area contributed by atoms with Crippen LogP contribution in [0, 0.1) is 0 Å². The standard InChI is InChI=1S/C18H22F3N3O2/c1-17(2,3)26-16(25)23-8-6-13(7-9-23)24-11-22-14-10-12(18(19,20)21)4-5-15(14)24/h4-5,10-11,13H,6-9H2,1-3H3. The molecule has 26 heavy (non-hydrogen) atoms. The van der Waals surface area contributed by atoms with Gasteiger partial charge in [0, 0.05) is 19.1 Å². The Hall–Kier alpha value is -2.25. The fraction of sp³-hybridized carbons (Fsp3) is 0.556. The summed E-state index contributed by atoms with van der Waals surface area (Å²) in [6, 6.07) is 3.71. The van der Waals surface area contributed by atoms with Crippen molar-refractivity contribution in [2.24, 2.45) is 0 Å². The molecular formula is C18H22F3N3O2. The third-order valence-electron chi connectivity index (χ3n) is 4.41. The molecule has 0 spiro atoms. The Balaban J connectivity index is 1.71. The van der Waals surface area contributed by atoms with Gasteiger partial charge in [0.1, 0.15) is 5.60 Å². The number of hydrogen-bond donors (Lipinski definition) is 0. The predicted octanol–water partition coefficient (Wildman–Crippen LogP) is 4.63. The number of alkyl halides is 3. The molecule has 0 aliphatic carbocycles. The van der Waals surface area contributed by atoms with Crippen molar-refractivity contribution in [2.75, 3.05) is 13.1 Å². The van der Waals surface area contributed by atoms with Gasteiger partial charge in [0.15, 0.2) is 0 Å². The van der Waals surface area contributed by atoms with Crippen LogP contribution in [0.3, 0.4) is 0 Å². The number of benzene rings is 1. The molecule has 5 nitrogen and oxygen atoms in total. The molecule has 0 unspecified atom stereocenters. The molecule has 8 heteroatoms. The average Bonchev–Trinajstić information content (AvgIpc) is 2.95. The molecule has 3 rings (SSSR count). The SMILES string of the molecule is CC(C)(C)OC(=O)N1CCC(n2cnc3cc(C(F)(F)F)ccc32)CC1. The number of hydrogen-bond acceptors (Lipinski definition) is 3. The normalized spacial score (nSPS) is 16.9. The van der Waals surface area contributed by atoms with E-state index in [1.807, 2.05) is 25.3 Å². The molecule has 1 fully saturated rings. The molecule has 0 atom stereocenters. The number of fused-ring (bicyclic) bond motifs is 1. The molecule has 1 saturated heterocycles. The average molecular weight is 369 g/mol. The van der Waals surface area contributed by atoms with E-state index in [1.54, 1.807) is 11.2 Å². The van der Waals surface area contributed by atoms with Crippen LogP contribution in [0.4, 0.5) is 18.0 Å². The molecule has 0 bridgehead atoms. The van der Waals surface area contributed by atoms with Gasteiger partial charge in [0.25, 0.3) is 0 Å². The zero-order valence-electron chi connectivity index (χ0n) is 15.0. The first-order chi connectivity index (χ1) is 12.0. The summed E-state index contributed by atoms with van der Waals surface area (Å²) in [6.45, 7) is 6.55. The lowest BCUT2D eigenvalue weighted by molar-refractivity contribution is -0.137. The fourth-order valence-corrected chi connectivity index (χ4v) is 3.15. The van der Waals surface area contributed by atoms with Crippen LogP contribution < -0.4 is 0 Å². The van der Waals surface area contributed by atoms with Crippen molar-refractivity contribution in [1.29, 1.82) is 0 Å². The number of aromatic nitrogens is 2. The molecule has 2 heterocycles. The maximum Gasteiger partial charge on any atom is 0.416 e. The summed E-state index contributed by atoms with van der Waals surface area (Å²) in [6.07, 6.45) is -1.73. The number of amides is 1. The van der Waals surface area contributed by atoms with Gasteiger partial charge in [-0.1, -0.05) is 0 Å². The number of piperidine rings is 1. The number of likely N-dealkylation sites (tertiary alicyclic amines) is 1. The van der Waals surface area contributed by atoms with E-state index in [0.717, 1.165) is 12.1 Å². The highest BCUT2D eigenvalue weighted by Gasteiger charge is 2.32. The molecule has 1 aromatic carbocycles. The van der Waals surface area contributed by atoms with E-state index in [2.05, 4.69) is 4.98 Å². The summed E-state index contributed by atoms with van der Waals surface area (Å²) < 4.78 is 45.8. The van der Waals surface area contributed by atoms with Gasteiger partial charge in [-0.15, -0.1) is 0 Å². The van der Waals surface area contributed by atoms with Crippen LogP contribution in [0.1, 0.15) is 45.2 Å². The van der Waals surface area contributed by atoms with E-state index >= 15 is 0 Å². The van der Waals surface area contributed by atoms with Crippen LogP contribution in [0.25, 0.3) is 11.0 Å². The smallest absolute Gasteiger partial charge is 0.416 e. The third-order valence-corrected chi connectivity index (χ3v) is 4.41. The number of carbonyl (C=O) groups is 1. The Morgan fingerprint density at radius 1 is 1.19 bits per heavy atom. The molecule has 0 saturated carbocycles. The van der Waals surface area contributed by atoms with Crippen LogP contribution >= 0.6 is 0 Å². The van der Waals surface area contributed by atoms with Crippen molar-refractivity contribution in [2.45, 2.75) is 51.4 Å². The quantitative estimate of drug-likeness (QED) is 0.736. The topological polar surface area (TPSA) is 47.4 Å². The largest absolute Gasteiger partial charge is 0.444 e. The number of halogens is 3. The number of ether oxygens (including phenoxy) is 1. The Morgan fingerprint density at radius 2 is 1.85 bits per heavy atom. The Kier molecular flexibility index (Phi) is 4.62. The molecule has 0 radical (unpaired) electrons. The van der Waals surface area contributed by atoms with E-state index < -0.39 is 17.3 Å². The molecule has 142 valence electrons. The molecular weight excluding hydrogens is 347 g/mol. The van der Waals surface area contributed by atoms with Gasteiger partial charge in [-0.05, 0) is 51.8 Å². The molecule has 1 amide bonds. The second-order valence-electron chi connectivity index (χ2n) is 7.55. The van der Waals surface area contributed by atoms with E-state index in [0.29, 0.717) is 37.0 Å². The van der Waals surface area contributed by atoms with Crippen LogP contribution in [0.15, 0.2) is 24.5 Å². The highest BCUT2D eigenvalue weighted by molar-refractivity contribution is 5.76. The molecule has 2 aromatic rings. The first-order valence-corrected chi connectivity index (χ1v) is 8.56. The van der Waals surface area contributed by atoms with Gasteiger partial charge in [0.2, 0.25) is 0 Å². The first kappa shape index (κ1) is 18.5. The number of rotatable bonds is 1. The van der Waals surface area contributed by atoms with E-state index in [4.69, 9.17) is 4.74 Å². The molecule has 1 aromatic heterocycles. The third kappa shape index (κ3) is 3.94. The minimum Gasteiger partial charge on any atom is -0.444 e. The Labute approximate surface area is 149 Å². The van der Waals surface area contributed by atoms with Gasteiger partial charge in [-0.25, -0.2) is 9.78 Å². The van der Waals surface area contributed by atoms with Crippen molar-refractivity contribution < 1.29 is 22.7 Å². The lowest BCUT2D eigenvalue weighted by atomic mass is 10.0. The lowest BCUT2D eigenvalue weighted by Gasteiger charge is -2.34. The summed E-state index contributed by atoms with van der Waals surface area (Å²) in [5, 5.41) is 0. The van der Waals surface area contributed by atoms with Crippen molar-refractivity contribution >= 4 is 17.1 Å². The zero-order chi connectivity index (χ0) is 19.1. The van der Waals surface area contributed by atoms with Crippen molar-refractivity contribution in [3.05, 3.63) is 30.1 Å². The van der Waals surface area contributed by atoms with E-state index in [9.17, 15) is 18.0 Å². The molecule has 1 aliphatic rings. The van der Waals surface area contributed by atoms with Crippen molar-refractivity contribution in [1.82, 2.24) is 14.5 Å². The molecule has 1 aliphatic heterocycles. The van der Waals surface area contributed by atoms with E-state index in [-0.39, 0.29) is 12.1 Å². The van der Waals surface area contributed by atoms with Crippen molar-refractivity contribution in [3.8, 4) is 0 Å². The predicted molar refractivity (Wildman–Crippen MR) is 90.8 cm³/mol. The van der Waals surface area contributed by atoms with Crippen LogP contribution in [0.5, 0.6) is 0 Å². The number of imidazole rings is 1. The highest BCUT2D eigenvalue weighted by atomic mass is 19.4.